The van der Waals surface area contributed by atoms with Crippen LogP contribution in [-0.4, -0.2) is 43.6 Å². The lowest BCUT2D eigenvalue weighted by Crippen LogP contribution is -2.25. The average molecular weight is 279 g/mol. The van der Waals surface area contributed by atoms with Gasteiger partial charge in [0.05, 0.1) is 10.8 Å². The molecular formula is C12H13N3O3S. The molecule has 1 aromatic heterocycles. The van der Waals surface area contributed by atoms with Crippen molar-refractivity contribution in [2.45, 2.75) is 23.0 Å². The largest absolute Gasteiger partial charge is 0.345 e. The lowest BCUT2D eigenvalue weighted by molar-refractivity contribution is 0.0823. The lowest BCUT2D eigenvalue weighted by atomic mass is 10.2. The van der Waals surface area contributed by atoms with Gasteiger partial charge in [-0.05, 0) is 18.9 Å². The molecule has 7 heteroatoms. The first-order chi connectivity index (χ1) is 8.89. The van der Waals surface area contributed by atoms with Crippen LogP contribution >= 0.6 is 0 Å². The first-order valence-electron chi connectivity index (χ1n) is 5.74. The summed E-state index contributed by atoms with van der Waals surface area (Å²) in [4.78, 5) is 16.9. The molecule has 19 heavy (non-hydrogen) atoms. The Balaban J connectivity index is 2.70. The van der Waals surface area contributed by atoms with Crippen molar-refractivity contribution in [1.29, 1.82) is 5.26 Å². The van der Waals surface area contributed by atoms with Crippen molar-refractivity contribution >= 4 is 15.7 Å². The number of carbonyl (C=O) groups excluding carboxylic acids is 1. The fourth-order valence-electron chi connectivity index (χ4n) is 1.77. The van der Waals surface area contributed by atoms with Gasteiger partial charge in [0.15, 0.2) is 15.5 Å². The molecule has 0 radical (unpaired) electrons. The monoisotopic (exact) mass is 279 g/mol. The Bertz CT molecular complexity index is 670. The number of hydrogen-bond donors (Lipinski definition) is 0. The molecule has 1 aliphatic carbocycles. The molecule has 0 spiro atoms. The third kappa shape index (κ3) is 2.31. The van der Waals surface area contributed by atoms with Gasteiger partial charge in [0.25, 0.3) is 5.91 Å². The minimum atomic E-state index is -3.65. The number of carbonyl (C=O) groups is 1. The summed E-state index contributed by atoms with van der Waals surface area (Å²) < 4.78 is 24.7. The predicted molar refractivity (Wildman–Crippen MR) is 67.2 cm³/mol. The zero-order chi connectivity index (χ0) is 14.2. The number of nitriles is 1. The molecule has 2 rings (SSSR count). The maximum absolute atomic E-state index is 12.4. The van der Waals surface area contributed by atoms with Crippen molar-refractivity contribution in [1.82, 2.24) is 9.88 Å². The second-order valence-corrected chi connectivity index (χ2v) is 6.76. The number of rotatable bonds is 3. The van der Waals surface area contributed by atoms with Gasteiger partial charge in [-0.3, -0.25) is 4.79 Å². The molecule has 1 fully saturated rings. The van der Waals surface area contributed by atoms with E-state index >= 15 is 0 Å². The third-order valence-electron chi connectivity index (χ3n) is 2.89. The molecule has 0 aliphatic heterocycles. The summed E-state index contributed by atoms with van der Waals surface area (Å²) in [5, 5.41) is 8.54. The van der Waals surface area contributed by atoms with E-state index in [1.807, 2.05) is 0 Å². The minimum absolute atomic E-state index is 0.0171. The van der Waals surface area contributed by atoms with E-state index < -0.39 is 21.0 Å². The fourth-order valence-corrected chi connectivity index (χ4v) is 3.69. The van der Waals surface area contributed by atoms with Crippen molar-refractivity contribution in [3.63, 3.8) is 0 Å². The first-order valence-corrected chi connectivity index (χ1v) is 7.29. The molecule has 0 bridgehead atoms. The zero-order valence-corrected chi connectivity index (χ0v) is 11.4. The Morgan fingerprint density at radius 3 is 2.58 bits per heavy atom. The summed E-state index contributed by atoms with van der Waals surface area (Å²) in [5.41, 5.74) is -0.192. The van der Waals surface area contributed by atoms with E-state index in [0.29, 0.717) is 12.8 Å². The van der Waals surface area contributed by atoms with Crippen LogP contribution in [-0.2, 0) is 9.84 Å². The van der Waals surface area contributed by atoms with Crippen LogP contribution in [0.1, 0.15) is 28.9 Å². The number of pyridine rings is 1. The summed E-state index contributed by atoms with van der Waals surface area (Å²) in [6.07, 6.45) is 2.41. The van der Waals surface area contributed by atoms with Crippen LogP contribution in [0.4, 0.5) is 0 Å². The van der Waals surface area contributed by atoms with E-state index in [0.717, 1.165) is 0 Å². The predicted octanol–water partition coefficient (Wildman–Crippen LogP) is 0.591. The topological polar surface area (TPSA) is 91.1 Å². The second-order valence-electron chi connectivity index (χ2n) is 4.59. The zero-order valence-electron chi connectivity index (χ0n) is 10.6. The molecule has 0 atom stereocenters. The van der Waals surface area contributed by atoms with Crippen molar-refractivity contribution in [3.8, 4) is 6.07 Å². The molecule has 100 valence electrons. The van der Waals surface area contributed by atoms with Gasteiger partial charge < -0.3 is 4.90 Å². The van der Waals surface area contributed by atoms with Gasteiger partial charge in [0, 0.05) is 20.3 Å². The van der Waals surface area contributed by atoms with Gasteiger partial charge >= 0.3 is 0 Å². The van der Waals surface area contributed by atoms with Gasteiger partial charge in [0.1, 0.15) is 11.0 Å². The van der Waals surface area contributed by atoms with Gasteiger partial charge in [-0.1, -0.05) is 0 Å². The van der Waals surface area contributed by atoms with Gasteiger partial charge in [-0.2, -0.15) is 5.26 Å². The number of aromatic nitrogens is 1. The summed E-state index contributed by atoms with van der Waals surface area (Å²) in [6.45, 7) is 0. The SMILES string of the molecule is CN(C)C(=O)c1ccnc(C#N)c1S(=O)(=O)C1CC1. The molecule has 1 aromatic rings. The van der Waals surface area contributed by atoms with Gasteiger partial charge in [-0.15, -0.1) is 0 Å². The molecule has 6 nitrogen and oxygen atoms in total. The highest BCUT2D eigenvalue weighted by atomic mass is 32.2. The molecule has 1 saturated carbocycles. The Hall–Kier alpha value is -1.94. The van der Waals surface area contributed by atoms with E-state index in [1.165, 1.54) is 31.3 Å². The normalized spacial score (nSPS) is 14.8. The summed E-state index contributed by atoms with van der Waals surface area (Å²) in [7, 11) is -0.590. The van der Waals surface area contributed by atoms with Crippen LogP contribution in [0.2, 0.25) is 0 Å². The van der Waals surface area contributed by atoms with Crippen molar-refractivity contribution in [3.05, 3.63) is 23.5 Å². The van der Waals surface area contributed by atoms with Crippen LogP contribution in [0.3, 0.4) is 0 Å². The number of nitrogens with zero attached hydrogens (tertiary/aromatic N) is 3. The standard InChI is InChI=1S/C12H13N3O3S/c1-15(2)12(16)9-5-6-14-10(7-13)11(9)19(17,18)8-3-4-8/h5-6,8H,3-4H2,1-2H3. The average Bonchev–Trinajstić information content (AvgIpc) is 3.21. The van der Waals surface area contributed by atoms with Crippen molar-refractivity contribution in [2.75, 3.05) is 14.1 Å². The molecule has 1 aliphatic rings. The highest BCUT2D eigenvalue weighted by molar-refractivity contribution is 7.92. The van der Waals surface area contributed by atoms with Crippen LogP contribution in [0.25, 0.3) is 0 Å². The Labute approximate surface area is 111 Å². The van der Waals surface area contributed by atoms with Crippen molar-refractivity contribution < 1.29 is 13.2 Å². The Kier molecular flexibility index (Phi) is 3.28. The lowest BCUT2D eigenvalue weighted by Gasteiger charge is -2.14. The van der Waals surface area contributed by atoms with E-state index in [-0.39, 0.29) is 16.2 Å². The van der Waals surface area contributed by atoms with Crippen LogP contribution in [0.5, 0.6) is 0 Å². The fraction of sp³-hybridized carbons (Fsp3) is 0.417. The highest BCUT2D eigenvalue weighted by Crippen LogP contribution is 2.36. The summed E-state index contributed by atoms with van der Waals surface area (Å²) in [6, 6.07) is 3.10. The quantitative estimate of drug-likeness (QED) is 0.807. The minimum Gasteiger partial charge on any atom is -0.345 e. The van der Waals surface area contributed by atoms with Crippen molar-refractivity contribution in [2.24, 2.45) is 0 Å². The van der Waals surface area contributed by atoms with Gasteiger partial charge in [0.2, 0.25) is 0 Å². The molecule has 0 N–H and O–H groups in total. The van der Waals surface area contributed by atoms with Crippen LogP contribution in [0.15, 0.2) is 17.2 Å². The smallest absolute Gasteiger partial charge is 0.254 e. The Morgan fingerprint density at radius 2 is 2.11 bits per heavy atom. The molecular weight excluding hydrogens is 266 g/mol. The maximum Gasteiger partial charge on any atom is 0.254 e. The van der Waals surface area contributed by atoms with Gasteiger partial charge in [-0.25, -0.2) is 13.4 Å². The summed E-state index contributed by atoms with van der Waals surface area (Å²) >= 11 is 0. The number of sulfone groups is 1. The first kappa shape index (κ1) is 13.5. The second kappa shape index (κ2) is 4.63. The molecule has 0 unspecified atom stereocenters. The maximum atomic E-state index is 12.4. The molecule has 1 amide bonds. The molecule has 0 saturated heterocycles. The highest BCUT2D eigenvalue weighted by Gasteiger charge is 2.41. The van der Waals surface area contributed by atoms with E-state index in [2.05, 4.69) is 4.98 Å². The van der Waals surface area contributed by atoms with E-state index in [4.69, 9.17) is 5.26 Å². The number of hydrogen-bond acceptors (Lipinski definition) is 5. The molecule has 1 heterocycles. The summed E-state index contributed by atoms with van der Waals surface area (Å²) in [5.74, 6) is -0.446. The van der Waals surface area contributed by atoms with Crippen LogP contribution in [0, 0.1) is 11.3 Å². The van der Waals surface area contributed by atoms with Crippen LogP contribution < -0.4 is 0 Å². The van der Waals surface area contributed by atoms with E-state index in [1.54, 1.807) is 6.07 Å². The third-order valence-corrected chi connectivity index (χ3v) is 5.23. The van der Waals surface area contributed by atoms with E-state index in [9.17, 15) is 13.2 Å². The Morgan fingerprint density at radius 1 is 1.47 bits per heavy atom. The molecule has 0 aromatic carbocycles. The number of amides is 1.